The molecule has 0 fully saturated rings. The second-order valence-electron chi connectivity index (χ2n) is 7.20. The number of halogens is 1. The van der Waals surface area contributed by atoms with Crippen molar-refractivity contribution in [2.75, 3.05) is 12.4 Å². The number of likely N-dealkylation sites (N-methyl/N-ethyl adjacent to an activating group) is 1. The van der Waals surface area contributed by atoms with Crippen molar-refractivity contribution in [3.05, 3.63) is 64.4 Å². The fourth-order valence-corrected chi connectivity index (χ4v) is 3.82. The summed E-state index contributed by atoms with van der Waals surface area (Å²) >= 11 is 6.50. The molecule has 1 aromatic carbocycles. The van der Waals surface area contributed by atoms with Gasteiger partial charge in [-0.15, -0.1) is 0 Å². The molecule has 4 rings (SSSR count). The summed E-state index contributed by atoms with van der Waals surface area (Å²) in [5.74, 6) is 0.463. The highest BCUT2D eigenvalue weighted by atomic mass is 35.5. The second kappa shape index (κ2) is 7.72. The molecular formula is C22H21ClN4O2. The molecule has 0 saturated heterocycles. The lowest BCUT2D eigenvalue weighted by Crippen LogP contribution is -2.24. The molecular weight excluding hydrogens is 388 g/mol. The van der Waals surface area contributed by atoms with Gasteiger partial charge >= 0.3 is 0 Å². The lowest BCUT2D eigenvalue weighted by molar-refractivity contribution is -0.125. The van der Waals surface area contributed by atoms with Crippen LogP contribution in [0.2, 0.25) is 5.15 Å². The number of para-hydroxylation sites is 1. The first-order valence-corrected chi connectivity index (χ1v) is 9.75. The van der Waals surface area contributed by atoms with Gasteiger partial charge < -0.3 is 14.8 Å². The van der Waals surface area contributed by atoms with E-state index < -0.39 is 0 Å². The van der Waals surface area contributed by atoms with Crippen LogP contribution in [0.4, 0.5) is 5.82 Å². The van der Waals surface area contributed by atoms with Crippen LogP contribution in [0.15, 0.2) is 42.6 Å². The molecule has 0 aliphatic carbocycles. The van der Waals surface area contributed by atoms with E-state index in [4.69, 9.17) is 11.6 Å². The van der Waals surface area contributed by atoms with Crippen molar-refractivity contribution < 1.29 is 9.59 Å². The molecule has 0 unspecified atom stereocenters. The Bertz CT molecular complexity index is 1150. The molecule has 0 radical (unpaired) electrons. The smallest absolute Gasteiger partial charge is 0.246 e. The summed E-state index contributed by atoms with van der Waals surface area (Å²) in [4.78, 5) is 30.0. The highest BCUT2D eigenvalue weighted by Gasteiger charge is 2.17. The summed E-state index contributed by atoms with van der Waals surface area (Å²) in [7, 11) is 3.67. The topological polar surface area (TPSA) is 67.2 Å². The zero-order valence-electron chi connectivity index (χ0n) is 16.3. The van der Waals surface area contributed by atoms with Crippen molar-refractivity contribution in [3.63, 3.8) is 0 Å². The number of hydrogen-bond donors (Lipinski definition) is 1. The number of amides is 2. The number of anilines is 1. The van der Waals surface area contributed by atoms with Crippen LogP contribution in [0, 0.1) is 0 Å². The summed E-state index contributed by atoms with van der Waals surface area (Å²) in [6, 6.07) is 9.92. The fraction of sp³-hybridized carbons (Fsp3) is 0.227. The van der Waals surface area contributed by atoms with Crippen molar-refractivity contribution in [1.29, 1.82) is 0 Å². The van der Waals surface area contributed by atoms with E-state index in [9.17, 15) is 9.59 Å². The minimum atomic E-state index is -0.125. The summed E-state index contributed by atoms with van der Waals surface area (Å²) < 4.78 is 1.93. The molecule has 3 heterocycles. The number of nitrogens with one attached hydrogen (secondary N) is 1. The standard InChI is InChI=1S/C22H21ClN4O2/c1-26(13-17-16-5-3-4-6-18(16)27(2)21(17)23)20(29)10-7-14-11-15-8-9-19(28)25-22(15)24-12-14/h3-7,10-12H,8-9,13H2,1-2H3,(H,24,25,28). The fourth-order valence-electron chi connectivity index (χ4n) is 3.57. The van der Waals surface area contributed by atoms with Crippen LogP contribution in [-0.4, -0.2) is 33.3 Å². The normalized spacial score (nSPS) is 13.6. The molecule has 0 saturated carbocycles. The number of carbonyl (C=O) groups excluding carboxylic acids is 2. The first-order valence-electron chi connectivity index (χ1n) is 9.38. The zero-order valence-corrected chi connectivity index (χ0v) is 17.0. The molecule has 0 spiro atoms. The monoisotopic (exact) mass is 408 g/mol. The van der Waals surface area contributed by atoms with E-state index in [0.29, 0.717) is 30.4 Å². The Morgan fingerprint density at radius 2 is 2.14 bits per heavy atom. The number of aromatic nitrogens is 2. The molecule has 2 aromatic heterocycles. The van der Waals surface area contributed by atoms with E-state index in [0.717, 1.165) is 27.6 Å². The van der Waals surface area contributed by atoms with Gasteiger partial charge in [0.1, 0.15) is 11.0 Å². The zero-order chi connectivity index (χ0) is 20.5. The Morgan fingerprint density at radius 1 is 1.34 bits per heavy atom. The van der Waals surface area contributed by atoms with Crippen molar-refractivity contribution >= 4 is 46.2 Å². The van der Waals surface area contributed by atoms with Crippen molar-refractivity contribution in [1.82, 2.24) is 14.5 Å². The van der Waals surface area contributed by atoms with Gasteiger partial charge in [0.2, 0.25) is 11.8 Å². The molecule has 29 heavy (non-hydrogen) atoms. The lowest BCUT2D eigenvalue weighted by atomic mass is 10.0. The number of hydrogen-bond acceptors (Lipinski definition) is 3. The number of fused-ring (bicyclic) bond motifs is 2. The molecule has 3 aromatic rings. The Hall–Kier alpha value is -3.12. The Labute approximate surface area is 173 Å². The first-order chi connectivity index (χ1) is 13.9. The average Bonchev–Trinajstić information content (AvgIpc) is 2.97. The van der Waals surface area contributed by atoms with E-state index in [1.807, 2.05) is 41.9 Å². The minimum Gasteiger partial charge on any atom is -0.338 e. The van der Waals surface area contributed by atoms with Crippen LogP contribution in [0.1, 0.15) is 23.1 Å². The Morgan fingerprint density at radius 3 is 2.97 bits per heavy atom. The molecule has 2 amide bonds. The molecule has 0 atom stereocenters. The number of rotatable bonds is 4. The highest BCUT2D eigenvalue weighted by molar-refractivity contribution is 6.32. The van der Waals surface area contributed by atoms with Crippen LogP contribution in [0.3, 0.4) is 0 Å². The summed E-state index contributed by atoms with van der Waals surface area (Å²) in [5, 5.41) is 4.44. The molecule has 1 aliphatic heterocycles. The van der Waals surface area contributed by atoms with E-state index >= 15 is 0 Å². The summed E-state index contributed by atoms with van der Waals surface area (Å²) in [6.07, 6.45) is 6.03. The molecule has 0 bridgehead atoms. The summed E-state index contributed by atoms with van der Waals surface area (Å²) in [5.41, 5.74) is 3.77. The number of aryl methyl sites for hydroxylation is 2. The van der Waals surface area contributed by atoms with Crippen LogP contribution in [0.5, 0.6) is 0 Å². The molecule has 1 aliphatic rings. The van der Waals surface area contributed by atoms with Crippen LogP contribution >= 0.6 is 11.6 Å². The van der Waals surface area contributed by atoms with Crippen molar-refractivity contribution in [2.45, 2.75) is 19.4 Å². The van der Waals surface area contributed by atoms with Gasteiger partial charge in [0.25, 0.3) is 0 Å². The van der Waals surface area contributed by atoms with Crippen molar-refractivity contribution in [3.8, 4) is 0 Å². The largest absolute Gasteiger partial charge is 0.338 e. The van der Waals surface area contributed by atoms with Crippen LogP contribution < -0.4 is 5.32 Å². The molecule has 1 N–H and O–H groups in total. The van der Waals surface area contributed by atoms with E-state index in [2.05, 4.69) is 10.3 Å². The van der Waals surface area contributed by atoms with Gasteiger partial charge in [-0.3, -0.25) is 9.59 Å². The van der Waals surface area contributed by atoms with E-state index in [1.54, 1.807) is 24.2 Å². The van der Waals surface area contributed by atoms with Gasteiger partial charge in [0.15, 0.2) is 0 Å². The van der Waals surface area contributed by atoms with E-state index in [-0.39, 0.29) is 11.8 Å². The maximum atomic E-state index is 12.6. The SMILES string of the molecule is CN(Cc1c(Cl)n(C)c2ccccc12)C(=O)C=Cc1cnc2c(c1)CCC(=O)N2. The maximum Gasteiger partial charge on any atom is 0.246 e. The van der Waals surface area contributed by atoms with Crippen LogP contribution in [0.25, 0.3) is 17.0 Å². The maximum absolute atomic E-state index is 12.6. The lowest BCUT2D eigenvalue weighted by Gasteiger charge is -2.16. The first kappa shape index (κ1) is 19.2. The van der Waals surface area contributed by atoms with Gasteiger partial charge in [-0.2, -0.15) is 0 Å². The second-order valence-corrected chi connectivity index (χ2v) is 7.56. The quantitative estimate of drug-likeness (QED) is 0.668. The van der Waals surface area contributed by atoms with Gasteiger partial charge in [0, 0.05) is 55.8 Å². The number of pyridine rings is 1. The van der Waals surface area contributed by atoms with Gasteiger partial charge in [-0.25, -0.2) is 4.98 Å². The Balaban J connectivity index is 1.49. The van der Waals surface area contributed by atoms with Gasteiger partial charge in [-0.1, -0.05) is 29.8 Å². The van der Waals surface area contributed by atoms with E-state index in [1.165, 1.54) is 6.08 Å². The van der Waals surface area contributed by atoms with Crippen molar-refractivity contribution in [2.24, 2.45) is 7.05 Å². The third-order valence-corrected chi connectivity index (χ3v) is 5.67. The predicted molar refractivity (Wildman–Crippen MR) is 115 cm³/mol. The van der Waals surface area contributed by atoms with Gasteiger partial charge in [-0.05, 0) is 35.8 Å². The number of carbonyl (C=O) groups is 2. The number of benzene rings is 1. The summed E-state index contributed by atoms with van der Waals surface area (Å²) in [6.45, 7) is 0.415. The minimum absolute atomic E-state index is 0.0165. The molecule has 6 nitrogen and oxygen atoms in total. The number of nitrogens with zero attached hydrogens (tertiary/aromatic N) is 3. The average molecular weight is 409 g/mol. The Kier molecular flexibility index (Phi) is 5.11. The molecule has 7 heteroatoms. The third-order valence-electron chi connectivity index (χ3n) is 5.19. The predicted octanol–water partition coefficient (Wildman–Crippen LogP) is 3.78. The molecule has 148 valence electrons. The third kappa shape index (κ3) is 3.76. The van der Waals surface area contributed by atoms with Gasteiger partial charge in [0.05, 0.1) is 0 Å². The highest BCUT2D eigenvalue weighted by Crippen LogP contribution is 2.30. The van der Waals surface area contributed by atoms with Crippen LogP contribution in [-0.2, 0) is 29.6 Å².